The molecule has 0 radical (unpaired) electrons. The topological polar surface area (TPSA) is 59.8 Å². The number of rotatable bonds is 5. The van der Waals surface area contributed by atoms with Crippen LogP contribution in [0, 0.1) is 0 Å². The van der Waals surface area contributed by atoms with E-state index in [0.29, 0.717) is 10.0 Å². The SMILES string of the molecule is CCCn1c(-c2ccc(C(=O)Nc3nc4ccccc4s3)s2)nc2ccccc21. The highest BCUT2D eigenvalue weighted by Crippen LogP contribution is 2.32. The maximum Gasteiger partial charge on any atom is 0.267 e. The van der Waals surface area contributed by atoms with Crippen LogP contribution in [0.5, 0.6) is 0 Å². The number of hydrogen-bond acceptors (Lipinski definition) is 5. The van der Waals surface area contributed by atoms with Crippen LogP contribution in [0.4, 0.5) is 5.13 Å². The van der Waals surface area contributed by atoms with Crippen LogP contribution in [0.15, 0.2) is 60.7 Å². The maximum atomic E-state index is 12.8. The van der Waals surface area contributed by atoms with Crippen LogP contribution >= 0.6 is 22.7 Å². The number of thiazole rings is 1. The first kappa shape index (κ1) is 18.0. The lowest BCUT2D eigenvalue weighted by molar-refractivity contribution is 0.103. The van der Waals surface area contributed by atoms with Crippen molar-refractivity contribution in [3.63, 3.8) is 0 Å². The number of aromatic nitrogens is 3. The number of fused-ring (bicyclic) bond motifs is 2. The van der Waals surface area contributed by atoms with Gasteiger partial charge in [0.1, 0.15) is 0 Å². The molecule has 5 rings (SSSR count). The second-order valence-corrected chi connectivity index (χ2v) is 8.79. The Labute approximate surface area is 175 Å². The fourth-order valence-electron chi connectivity index (χ4n) is 3.38. The molecule has 0 unspecified atom stereocenters. The van der Waals surface area contributed by atoms with Gasteiger partial charge in [-0.05, 0) is 42.8 Å². The van der Waals surface area contributed by atoms with Crippen molar-refractivity contribution in [1.29, 1.82) is 0 Å². The summed E-state index contributed by atoms with van der Waals surface area (Å²) in [6, 6.07) is 19.9. The highest BCUT2D eigenvalue weighted by Gasteiger charge is 2.17. The normalized spacial score (nSPS) is 11.3. The molecule has 0 atom stereocenters. The smallest absolute Gasteiger partial charge is 0.267 e. The summed E-state index contributed by atoms with van der Waals surface area (Å²) in [5.74, 6) is 0.774. The van der Waals surface area contributed by atoms with E-state index in [1.54, 1.807) is 0 Å². The first-order valence-corrected chi connectivity index (χ1v) is 11.1. The third kappa shape index (κ3) is 3.32. The first-order chi connectivity index (χ1) is 14.2. The van der Waals surface area contributed by atoms with Gasteiger partial charge in [-0.25, -0.2) is 9.97 Å². The second kappa shape index (κ2) is 7.42. The summed E-state index contributed by atoms with van der Waals surface area (Å²) in [6.45, 7) is 3.05. The fourth-order valence-corrected chi connectivity index (χ4v) is 5.14. The van der Waals surface area contributed by atoms with E-state index >= 15 is 0 Å². The molecule has 0 saturated heterocycles. The maximum absolute atomic E-state index is 12.8. The molecular weight excluding hydrogens is 400 g/mol. The van der Waals surface area contributed by atoms with E-state index < -0.39 is 0 Å². The number of hydrogen-bond donors (Lipinski definition) is 1. The zero-order valence-electron chi connectivity index (χ0n) is 15.8. The van der Waals surface area contributed by atoms with Crippen molar-refractivity contribution in [3.8, 4) is 10.7 Å². The number of nitrogens with one attached hydrogen (secondary N) is 1. The molecule has 1 N–H and O–H groups in total. The molecule has 0 spiro atoms. The van der Waals surface area contributed by atoms with E-state index in [4.69, 9.17) is 4.98 Å². The van der Waals surface area contributed by atoms with E-state index in [1.807, 2.05) is 54.6 Å². The van der Waals surface area contributed by atoms with Crippen LogP contribution in [-0.4, -0.2) is 20.4 Å². The molecule has 0 fully saturated rings. The Kier molecular flexibility index (Phi) is 4.61. The van der Waals surface area contributed by atoms with Crippen LogP contribution in [0.1, 0.15) is 23.0 Å². The number of aryl methyl sites for hydroxylation is 1. The minimum atomic E-state index is -0.140. The van der Waals surface area contributed by atoms with Crippen molar-refractivity contribution >= 4 is 55.0 Å². The average Bonchev–Trinajstić information content (AvgIpc) is 3.44. The van der Waals surface area contributed by atoms with Gasteiger partial charge in [0, 0.05) is 6.54 Å². The summed E-state index contributed by atoms with van der Waals surface area (Å²) in [7, 11) is 0. The van der Waals surface area contributed by atoms with E-state index in [0.717, 1.165) is 44.9 Å². The van der Waals surface area contributed by atoms with Crippen molar-refractivity contribution in [3.05, 3.63) is 65.5 Å². The summed E-state index contributed by atoms with van der Waals surface area (Å²) in [4.78, 5) is 23.7. The van der Waals surface area contributed by atoms with Crippen LogP contribution in [-0.2, 0) is 6.54 Å². The molecule has 3 heterocycles. The first-order valence-electron chi connectivity index (χ1n) is 9.45. The Bertz CT molecular complexity index is 1300. The molecule has 0 saturated carbocycles. The number of carbonyl (C=O) groups excluding carboxylic acids is 1. The third-order valence-corrected chi connectivity index (χ3v) is 6.70. The number of imidazole rings is 1. The molecule has 0 bridgehead atoms. The summed E-state index contributed by atoms with van der Waals surface area (Å²) in [6.07, 6.45) is 1.02. The van der Waals surface area contributed by atoms with Crippen LogP contribution in [0.2, 0.25) is 0 Å². The fraction of sp³-hybridized carbons (Fsp3) is 0.136. The van der Waals surface area contributed by atoms with Crippen molar-refractivity contribution in [2.75, 3.05) is 5.32 Å². The van der Waals surface area contributed by atoms with E-state index in [9.17, 15) is 4.79 Å². The molecule has 2 aromatic carbocycles. The van der Waals surface area contributed by atoms with Gasteiger partial charge in [0.05, 0.1) is 31.0 Å². The summed E-state index contributed by atoms with van der Waals surface area (Å²) in [5, 5.41) is 3.55. The van der Waals surface area contributed by atoms with Gasteiger partial charge in [-0.3, -0.25) is 10.1 Å². The molecular formula is C22H18N4OS2. The summed E-state index contributed by atoms with van der Waals surface area (Å²) >= 11 is 2.94. The predicted molar refractivity (Wildman–Crippen MR) is 121 cm³/mol. The Hall–Kier alpha value is -3.03. The Morgan fingerprint density at radius 3 is 2.59 bits per heavy atom. The molecule has 0 aliphatic rings. The van der Waals surface area contributed by atoms with Crippen molar-refractivity contribution < 1.29 is 4.79 Å². The highest BCUT2D eigenvalue weighted by molar-refractivity contribution is 7.22. The molecule has 5 nitrogen and oxygen atoms in total. The minimum Gasteiger partial charge on any atom is -0.323 e. The lowest BCUT2D eigenvalue weighted by atomic mass is 10.3. The molecule has 29 heavy (non-hydrogen) atoms. The number of para-hydroxylation sites is 3. The lowest BCUT2D eigenvalue weighted by Crippen LogP contribution is -2.09. The van der Waals surface area contributed by atoms with Crippen LogP contribution in [0.25, 0.3) is 32.0 Å². The summed E-state index contributed by atoms with van der Waals surface area (Å²) in [5.41, 5.74) is 3.00. The van der Waals surface area contributed by atoms with Gasteiger partial charge in [0.15, 0.2) is 11.0 Å². The van der Waals surface area contributed by atoms with E-state index in [2.05, 4.69) is 27.9 Å². The van der Waals surface area contributed by atoms with Gasteiger partial charge < -0.3 is 4.57 Å². The van der Waals surface area contributed by atoms with Crippen molar-refractivity contribution in [1.82, 2.24) is 14.5 Å². The lowest BCUT2D eigenvalue weighted by Gasteiger charge is -2.05. The van der Waals surface area contributed by atoms with Gasteiger partial charge in [-0.15, -0.1) is 11.3 Å². The standard InChI is InChI=1S/C22H18N4OS2/c1-2-13-26-16-9-5-3-7-14(16)23-20(26)18-11-12-19(28-18)21(27)25-22-24-15-8-4-6-10-17(15)29-22/h3-12H,2,13H2,1H3,(H,24,25,27). The van der Waals surface area contributed by atoms with Crippen molar-refractivity contribution in [2.24, 2.45) is 0 Å². The Balaban J connectivity index is 1.45. The second-order valence-electron chi connectivity index (χ2n) is 6.68. The number of anilines is 1. The van der Waals surface area contributed by atoms with E-state index in [-0.39, 0.29) is 5.91 Å². The molecule has 144 valence electrons. The Morgan fingerprint density at radius 1 is 0.966 bits per heavy atom. The number of amides is 1. The molecule has 0 aliphatic heterocycles. The number of carbonyl (C=O) groups is 1. The quantitative estimate of drug-likeness (QED) is 0.379. The predicted octanol–water partition coefficient (Wildman–Crippen LogP) is 6.04. The largest absolute Gasteiger partial charge is 0.323 e. The van der Waals surface area contributed by atoms with Crippen molar-refractivity contribution in [2.45, 2.75) is 19.9 Å². The Morgan fingerprint density at radius 2 is 1.76 bits per heavy atom. The third-order valence-electron chi connectivity index (χ3n) is 4.67. The van der Waals surface area contributed by atoms with Crippen LogP contribution in [0.3, 0.4) is 0 Å². The zero-order valence-corrected chi connectivity index (χ0v) is 17.4. The van der Waals surface area contributed by atoms with Gasteiger partial charge in [-0.1, -0.05) is 42.5 Å². The number of thiophene rings is 1. The molecule has 5 aromatic rings. The molecule has 3 aromatic heterocycles. The molecule has 0 aliphatic carbocycles. The molecule has 1 amide bonds. The van der Waals surface area contributed by atoms with Gasteiger partial charge in [0.2, 0.25) is 0 Å². The van der Waals surface area contributed by atoms with Gasteiger partial charge in [-0.2, -0.15) is 0 Å². The monoisotopic (exact) mass is 418 g/mol. The van der Waals surface area contributed by atoms with E-state index in [1.165, 1.54) is 22.7 Å². The molecule has 7 heteroatoms. The zero-order chi connectivity index (χ0) is 19.8. The average molecular weight is 419 g/mol. The number of benzene rings is 2. The van der Waals surface area contributed by atoms with Gasteiger partial charge >= 0.3 is 0 Å². The summed E-state index contributed by atoms with van der Waals surface area (Å²) < 4.78 is 3.29. The number of nitrogens with zero attached hydrogens (tertiary/aromatic N) is 3. The van der Waals surface area contributed by atoms with Gasteiger partial charge in [0.25, 0.3) is 5.91 Å². The van der Waals surface area contributed by atoms with Crippen LogP contribution < -0.4 is 5.32 Å². The minimum absolute atomic E-state index is 0.140. The highest BCUT2D eigenvalue weighted by atomic mass is 32.1.